The third-order valence-electron chi connectivity index (χ3n) is 2.62. The molecule has 5 nitrogen and oxygen atoms in total. The van der Waals surface area contributed by atoms with E-state index in [1.54, 1.807) is 6.92 Å². The highest BCUT2D eigenvalue weighted by Gasteiger charge is 2.20. The Labute approximate surface area is 108 Å². The highest BCUT2D eigenvalue weighted by atomic mass is 35.5. The summed E-state index contributed by atoms with van der Waals surface area (Å²) in [5.74, 6) is 0.0989. The minimum absolute atomic E-state index is 0. The third-order valence-corrected chi connectivity index (χ3v) is 2.62. The summed E-state index contributed by atoms with van der Waals surface area (Å²) in [5.41, 5.74) is 0. The number of carbonyl (C=O) groups is 2. The molecule has 0 spiro atoms. The van der Waals surface area contributed by atoms with Crippen LogP contribution in [0.1, 0.15) is 19.8 Å². The molecule has 2 N–H and O–H groups in total. The minimum atomic E-state index is -0.300. The topological polar surface area (TPSA) is 67.4 Å². The SMILES string of the molecule is COC(=O)C(C)CNC(=O)CNCC1CC1.Cl. The third kappa shape index (κ3) is 7.18. The van der Waals surface area contributed by atoms with E-state index in [4.69, 9.17) is 0 Å². The van der Waals surface area contributed by atoms with E-state index in [1.165, 1.54) is 20.0 Å². The summed E-state index contributed by atoms with van der Waals surface area (Å²) < 4.78 is 4.56. The molecule has 0 aromatic carbocycles. The van der Waals surface area contributed by atoms with Gasteiger partial charge in [-0.05, 0) is 25.3 Å². The summed E-state index contributed by atoms with van der Waals surface area (Å²) in [6, 6.07) is 0. The Morgan fingerprint density at radius 3 is 2.59 bits per heavy atom. The molecule has 1 saturated carbocycles. The van der Waals surface area contributed by atoms with Gasteiger partial charge in [0.2, 0.25) is 5.91 Å². The van der Waals surface area contributed by atoms with Gasteiger partial charge in [-0.25, -0.2) is 0 Å². The Morgan fingerprint density at radius 1 is 1.41 bits per heavy atom. The maximum Gasteiger partial charge on any atom is 0.310 e. The average Bonchev–Trinajstić information content (AvgIpc) is 3.08. The first kappa shape index (κ1) is 16.2. The first-order valence-electron chi connectivity index (χ1n) is 5.68. The molecule has 100 valence electrons. The molecule has 0 aromatic rings. The number of hydrogen-bond donors (Lipinski definition) is 2. The van der Waals surface area contributed by atoms with Gasteiger partial charge in [-0.15, -0.1) is 12.4 Å². The zero-order chi connectivity index (χ0) is 12.0. The van der Waals surface area contributed by atoms with Crippen LogP contribution < -0.4 is 10.6 Å². The molecule has 17 heavy (non-hydrogen) atoms. The van der Waals surface area contributed by atoms with Crippen molar-refractivity contribution in [3.05, 3.63) is 0 Å². The summed E-state index contributed by atoms with van der Waals surface area (Å²) in [6.45, 7) is 3.30. The number of hydrogen-bond acceptors (Lipinski definition) is 4. The van der Waals surface area contributed by atoms with E-state index >= 15 is 0 Å². The maximum atomic E-state index is 11.3. The maximum absolute atomic E-state index is 11.3. The van der Waals surface area contributed by atoms with Crippen LogP contribution in [-0.2, 0) is 14.3 Å². The number of rotatable bonds is 7. The summed E-state index contributed by atoms with van der Waals surface area (Å²) in [4.78, 5) is 22.4. The summed E-state index contributed by atoms with van der Waals surface area (Å²) >= 11 is 0. The van der Waals surface area contributed by atoms with Crippen molar-refractivity contribution in [1.29, 1.82) is 0 Å². The van der Waals surface area contributed by atoms with Gasteiger partial charge in [-0.1, -0.05) is 6.92 Å². The zero-order valence-corrected chi connectivity index (χ0v) is 11.1. The lowest BCUT2D eigenvalue weighted by Crippen LogP contribution is -2.38. The lowest BCUT2D eigenvalue weighted by atomic mass is 10.2. The predicted octanol–water partition coefficient (Wildman–Crippen LogP) is 0.333. The van der Waals surface area contributed by atoms with Gasteiger partial charge in [-0.2, -0.15) is 0 Å². The molecule has 1 aliphatic rings. The number of ether oxygens (including phenoxy) is 1. The normalized spacial score (nSPS) is 15.6. The first-order chi connectivity index (χ1) is 7.63. The van der Waals surface area contributed by atoms with Crippen LogP contribution in [-0.4, -0.2) is 38.6 Å². The van der Waals surface area contributed by atoms with Gasteiger partial charge < -0.3 is 15.4 Å². The van der Waals surface area contributed by atoms with Gasteiger partial charge in [0.05, 0.1) is 19.6 Å². The highest BCUT2D eigenvalue weighted by Crippen LogP contribution is 2.27. The Kier molecular flexibility index (Phi) is 7.91. The molecule has 1 rings (SSSR count). The second kappa shape index (κ2) is 8.31. The van der Waals surface area contributed by atoms with E-state index in [0.717, 1.165) is 12.5 Å². The van der Waals surface area contributed by atoms with Crippen LogP contribution in [0, 0.1) is 11.8 Å². The van der Waals surface area contributed by atoms with E-state index < -0.39 is 0 Å². The smallest absolute Gasteiger partial charge is 0.310 e. The fraction of sp³-hybridized carbons (Fsp3) is 0.818. The molecule has 0 aliphatic heterocycles. The van der Waals surface area contributed by atoms with Crippen molar-refractivity contribution < 1.29 is 14.3 Å². The van der Waals surface area contributed by atoms with Gasteiger partial charge in [0.25, 0.3) is 0 Å². The number of carbonyl (C=O) groups excluding carboxylic acids is 2. The number of nitrogens with one attached hydrogen (secondary N) is 2. The molecule has 0 radical (unpaired) electrons. The van der Waals surface area contributed by atoms with Crippen molar-refractivity contribution in [2.24, 2.45) is 11.8 Å². The van der Waals surface area contributed by atoms with Crippen molar-refractivity contribution in [3.8, 4) is 0 Å². The van der Waals surface area contributed by atoms with Crippen LogP contribution in [0.4, 0.5) is 0 Å². The number of halogens is 1. The monoisotopic (exact) mass is 264 g/mol. The van der Waals surface area contributed by atoms with Gasteiger partial charge in [0.1, 0.15) is 0 Å². The van der Waals surface area contributed by atoms with Gasteiger partial charge in [0, 0.05) is 6.54 Å². The Morgan fingerprint density at radius 2 is 2.06 bits per heavy atom. The Hall–Kier alpha value is -0.810. The van der Waals surface area contributed by atoms with Crippen molar-refractivity contribution in [3.63, 3.8) is 0 Å². The summed E-state index contributed by atoms with van der Waals surface area (Å²) in [6.07, 6.45) is 2.54. The van der Waals surface area contributed by atoms with Crippen LogP contribution in [0.3, 0.4) is 0 Å². The van der Waals surface area contributed by atoms with Crippen molar-refractivity contribution in [1.82, 2.24) is 10.6 Å². The summed E-state index contributed by atoms with van der Waals surface area (Å²) in [5, 5.41) is 5.78. The zero-order valence-electron chi connectivity index (χ0n) is 10.3. The molecule has 1 atom stereocenters. The van der Waals surface area contributed by atoms with E-state index in [-0.39, 0.29) is 30.2 Å². The van der Waals surface area contributed by atoms with Crippen molar-refractivity contribution in [2.75, 3.05) is 26.7 Å². The average molecular weight is 265 g/mol. The second-order valence-corrected chi connectivity index (χ2v) is 4.30. The van der Waals surface area contributed by atoms with Gasteiger partial charge in [0.15, 0.2) is 0 Å². The molecule has 6 heteroatoms. The van der Waals surface area contributed by atoms with Crippen molar-refractivity contribution in [2.45, 2.75) is 19.8 Å². The fourth-order valence-corrected chi connectivity index (χ4v) is 1.33. The Bertz CT molecular complexity index is 257. The summed E-state index contributed by atoms with van der Waals surface area (Å²) in [7, 11) is 1.35. The van der Waals surface area contributed by atoms with E-state index in [1.807, 2.05) is 0 Å². The molecular weight excluding hydrogens is 244 g/mol. The van der Waals surface area contributed by atoms with Crippen LogP contribution in [0.5, 0.6) is 0 Å². The Balaban J connectivity index is 0.00000256. The van der Waals surface area contributed by atoms with Crippen LogP contribution >= 0.6 is 12.4 Å². The molecule has 1 amide bonds. The molecule has 1 aliphatic carbocycles. The number of amides is 1. The largest absolute Gasteiger partial charge is 0.469 e. The molecule has 0 heterocycles. The molecule has 0 saturated heterocycles. The lowest BCUT2D eigenvalue weighted by Gasteiger charge is -2.10. The van der Waals surface area contributed by atoms with Crippen LogP contribution in [0.2, 0.25) is 0 Å². The number of methoxy groups -OCH3 is 1. The van der Waals surface area contributed by atoms with Crippen LogP contribution in [0.25, 0.3) is 0 Å². The minimum Gasteiger partial charge on any atom is -0.469 e. The van der Waals surface area contributed by atoms with Crippen LogP contribution in [0.15, 0.2) is 0 Å². The van der Waals surface area contributed by atoms with E-state index in [0.29, 0.717) is 13.1 Å². The highest BCUT2D eigenvalue weighted by molar-refractivity contribution is 5.85. The standard InChI is InChI=1S/C11H20N2O3.ClH/c1-8(11(15)16-2)5-13-10(14)7-12-6-9-3-4-9;/h8-9,12H,3-7H2,1-2H3,(H,13,14);1H. The molecule has 0 bridgehead atoms. The first-order valence-corrected chi connectivity index (χ1v) is 5.68. The molecule has 1 unspecified atom stereocenters. The molecule has 1 fully saturated rings. The molecule has 0 aromatic heterocycles. The predicted molar refractivity (Wildman–Crippen MR) is 67.0 cm³/mol. The van der Waals surface area contributed by atoms with E-state index in [2.05, 4.69) is 15.4 Å². The molecular formula is C11H21ClN2O3. The number of esters is 1. The quantitative estimate of drug-likeness (QED) is 0.651. The fourth-order valence-electron chi connectivity index (χ4n) is 1.33. The van der Waals surface area contributed by atoms with Gasteiger partial charge >= 0.3 is 5.97 Å². The van der Waals surface area contributed by atoms with Gasteiger partial charge in [-0.3, -0.25) is 9.59 Å². The second-order valence-electron chi connectivity index (χ2n) is 4.30. The lowest BCUT2D eigenvalue weighted by molar-refractivity contribution is -0.144. The van der Waals surface area contributed by atoms with E-state index in [9.17, 15) is 9.59 Å². The van der Waals surface area contributed by atoms with Crippen molar-refractivity contribution >= 4 is 24.3 Å².